The number of carboxylic acids is 1. The highest BCUT2D eigenvalue weighted by atomic mass is 32.2. The molecule has 0 unspecified atom stereocenters. The van der Waals surface area contributed by atoms with Crippen molar-refractivity contribution >= 4 is 23.6 Å². The average molecular weight is 363 g/mol. The summed E-state index contributed by atoms with van der Waals surface area (Å²) in [6.07, 6.45) is 2.38. The van der Waals surface area contributed by atoms with Gasteiger partial charge >= 0.3 is 5.97 Å². The van der Waals surface area contributed by atoms with Crippen LogP contribution in [0.15, 0.2) is 33.6 Å². The highest BCUT2D eigenvalue weighted by molar-refractivity contribution is 7.98. The number of hydrogen-bond donors (Lipinski definition) is 1. The lowest BCUT2D eigenvalue weighted by Gasteiger charge is -2.17. The minimum absolute atomic E-state index is 0.0319. The molecule has 0 spiro atoms. The van der Waals surface area contributed by atoms with Gasteiger partial charge in [-0.05, 0) is 24.0 Å². The molecule has 6 nitrogen and oxygen atoms in total. The van der Waals surface area contributed by atoms with Gasteiger partial charge in [-0.3, -0.25) is 4.79 Å². The van der Waals surface area contributed by atoms with Crippen LogP contribution in [0.25, 0.3) is 0 Å². The van der Waals surface area contributed by atoms with Crippen LogP contribution in [0, 0.1) is 0 Å². The van der Waals surface area contributed by atoms with Crippen molar-refractivity contribution < 1.29 is 23.8 Å². The lowest BCUT2D eigenvalue weighted by atomic mass is 10.2. The first-order chi connectivity index (χ1) is 11.9. The Labute approximate surface area is 150 Å². The number of amides is 1. The van der Waals surface area contributed by atoms with Crippen LogP contribution >= 0.6 is 11.8 Å². The largest absolute Gasteiger partial charge is 0.496 e. The zero-order chi connectivity index (χ0) is 18.6. The van der Waals surface area contributed by atoms with Crippen LogP contribution in [0.2, 0.25) is 0 Å². The molecule has 0 aliphatic heterocycles. The van der Waals surface area contributed by atoms with Crippen LogP contribution in [0.1, 0.15) is 39.2 Å². The average Bonchev–Trinajstić information content (AvgIpc) is 3.05. The lowest BCUT2D eigenvalue weighted by Crippen LogP contribution is -2.25. The second kappa shape index (κ2) is 8.11. The molecule has 2 rings (SSSR count). The number of furan rings is 1. The van der Waals surface area contributed by atoms with Crippen molar-refractivity contribution in [2.75, 3.05) is 20.4 Å². The highest BCUT2D eigenvalue weighted by Crippen LogP contribution is 2.29. The van der Waals surface area contributed by atoms with Gasteiger partial charge in [-0.25, -0.2) is 4.79 Å². The number of ether oxygens (including phenoxy) is 1. The second-order valence-electron chi connectivity index (χ2n) is 5.46. The van der Waals surface area contributed by atoms with E-state index in [9.17, 15) is 14.7 Å². The van der Waals surface area contributed by atoms with Crippen molar-refractivity contribution in [3.63, 3.8) is 0 Å². The summed E-state index contributed by atoms with van der Waals surface area (Å²) in [7, 11) is 3.25. The predicted octanol–water partition coefficient (Wildman–Crippen LogP) is 3.54. The summed E-state index contributed by atoms with van der Waals surface area (Å²) < 4.78 is 10.8. The molecule has 25 heavy (non-hydrogen) atoms. The van der Waals surface area contributed by atoms with E-state index < -0.39 is 5.97 Å². The Hall–Kier alpha value is -2.41. The van der Waals surface area contributed by atoms with Gasteiger partial charge in [0.05, 0.1) is 7.11 Å². The molecule has 0 saturated heterocycles. The van der Waals surface area contributed by atoms with Crippen molar-refractivity contribution in [3.8, 4) is 5.75 Å². The van der Waals surface area contributed by atoms with E-state index in [-0.39, 0.29) is 17.2 Å². The summed E-state index contributed by atoms with van der Waals surface area (Å²) in [4.78, 5) is 26.2. The van der Waals surface area contributed by atoms with Crippen molar-refractivity contribution in [3.05, 3.63) is 46.9 Å². The number of carbonyl (C=O) groups excluding carboxylic acids is 1. The smallest absolute Gasteiger partial charge is 0.339 e. The molecular formula is C18H21NO5S. The fourth-order valence-corrected chi connectivity index (χ4v) is 3.04. The monoisotopic (exact) mass is 363 g/mol. The number of benzene rings is 1. The van der Waals surface area contributed by atoms with E-state index in [1.54, 1.807) is 32.8 Å². The first-order valence-electron chi connectivity index (χ1n) is 7.73. The summed E-state index contributed by atoms with van der Waals surface area (Å²) in [5, 5.41) is 9.17. The van der Waals surface area contributed by atoms with E-state index in [1.807, 2.05) is 24.5 Å². The number of rotatable bonds is 7. The van der Waals surface area contributed by atoms with E-state index in [2.05, 4.69) is 0 Å². The fourth-order valence-electron chi connectivity index (χ4n) is 2.49. The van der Waals surface area contributed by atoms with Crippen LogP contribution in [0.5, 0.6) is 5.75 Å². The number of nitrogens with zero attached hydrogens (tertiary/aromatic N) is 1. The molecule has 0 aliphatic rings. The summed E-state index contributed by atoms with van der Waals surface area (Å²) in [5.41, 5.74) is 0.941. The molecule has 1 amide bonds. The zero-order valence-electron chi connectivity index (χ0n) is 14.7. The maximum absolute atomic E-state index is 12.5. The number of methoxy groups -OCH3 is 1. The van der Waals surface area contributed by atoms with Crippen LogP contribution in [-0.4, -0.2) is 42.3 Å². The van der Waals surface area contributed by atoms with E-state index in [4.69, 9.17) is 9.15 Å². The van der Waals surface area contributed by atoms with Crippen LogP contribution in [0.4, 0.5) is 0 Å². The van der Waals surface area contributed by atoms with Gasteiger partial charge in [-0.2, -0.15) is 0 Å². The van der Waals surface area contributed by atoms with Gasteiger partial charge in [0.25, 0.3) is 5.91 Å². The molecule has 2 aromatic rings. The van der Waals surface area contributed by atoms with Crippen LogP contribution in [0.3, 0.4) is 0 Å². The van der Waals surface area contributed by atoms with Crippen molar-refractivity contribution in [1.29, 1.82) is 0 Å². The molecule has 0 atom stereocenters. The van der Waals surface area contributed by atoms with Gasteiger partial charge in [0.1, 0.15) is 17.1 Å². The van der Waals surface area contributed by atoms with Crippen LogP contribution in [-0.2, 0) is 13.0 Å². The van der Waals surface area contributed by atoms with Gasteiger partial charge in [0, 0.05) is 31.0 Å². The van der Waals surface area contributed by atoms with Crippen molar-refractivity contribution in [1.82, 2.24) is 4.90 Å². The number of aromatic carboxylic acids is 1. The second-order valence-corrected chi connectivity index (χ2v) is 6.30. The molecule has 0 saturated carbocycles. The fraction of sp³-hybridized carbons (Fsp3) is 0.333. The maximum Gasteiger partial charge on any atom is 0.339 e. The number of thioether (sulfide) groups is 1. The topological polar surface area (TPSA) is 80.0 Å². The third-order valence-corrected chi connectivity index (χ3v) is 4.56. The van der Waals surface area contributed by atoms with E-state index in [0.717, 1.165) is 16.2 Å². The molecular weight excluding hydrogens is 342 g/mol. The first kappa shape index (κ1) is 18.9. The zero-order valence-corrected chi connectivity index (χ0v) is 15.5. The van der Waals surface area contributed by atoms with Crippen molar-refractivity contribution in [2.24, 2.45) is 0 Å². The standard InChI is InChI=1S/C18H21NO5S/c1-5-13-12(18(21)22)9-15(24-13)17(20)19(2)10-11-6-7-16(25-4)14(8-11)23-3/h6-9H,5,10H2,1-4H3,(H,21,22). The van der Waals surface area contributed by atoms with Gasteiger partial charge in [-0.15, -0.1) is 11.8 Å². The predicted molar refractivity (Wildman–Crippen MR) is 95.6 cm³/mol. The molecule has 134 valence electrons. The number of hydrogen-bond acceptors (Lipinski definition) is 5. The lowest BCUT2D eigenvalue weighted by molar-refractivity contribution is 0.0693. The highest BCUT2D eigenvalue weighted by Gasteiger charge is 2.22. The summed E-state index contributed by atoms with van der Waals surface area (Å²) in [6, 6.07) is 7.05. The third kappa shape index (κ3) is 4.17. The molecule has 1 aromatic heterocycles. The SMILES string of the molecule is CCc1oc(C(=O)N(C)Cc2ccc(SC)c(OC)c2)cc1C(=O)O. The summed E-state index contributed by atoms with van der Waals surface area (Å²) in [6.45, 7) is 2.14. The summed E-state index contributed by atoms with van der Waals surface area (Å²) in [5.74, 6) is -0.375. The van der Waals surface area contributed by atoms with Gasteiger partial charge in [0.2, 0.25) is 0 Å². The van der Waals surface area contributed by atoms with E-state index >= 15 is 0 Å². The van der Waals surface area contributed by atoms with Gasteiger partial charge < -0.3 is 19.2 Å². The Kier molecular flexibility index (Phi) is 6.14. The molecule has 0 aliphatic carbocycles. The number of aryl methyl sites for hydroxylation is 1. The Morgan fingerprint density at radius 1 is 1.32 bits per heavy atom. The molecule has 0 radical (unpaired) electrons. The van der Waals surface area contributed by atoms with Crippen molar-refractivity contribution in [2.45, 2.75) is 24.8 Å². The Balaban J connectivity index is 2.19. The minimum Gasteiger partial charge on any atom is -0.496 e. The molecule has 1 N–H and O–H groups in total. The van der Waals surface area contributed by atoms with E-state index in [1.165, 1.54) is 11.0 Å². The number of carboxylic acid groups (broad SMARTS) is 1. The molecule has 0 bridgehead atoms. The molecule has 1 aromatic carbocycles. The Bertz CT molecular complexity index is 784. The summed E-state index contributed by atoms with van der Waals surface area (Å²) >= 11 is 1.58. The van der Waals surface area contributed by atoms with E-state index in [0.29, 0.717) is 18.7 Å². The minimum atomic E-state index is -1.10. The molecule has 0 fully saturated rings. The van der Waals surface area contributed by atoms with Gasteiger partial charge in [-0.1, -0.05) is 13.0 Å². The first-order valence-corrected chi connectivity index (χ1v) is 8.96. The quantitative estimate of drug-likeness (QED) is 0.758. The normalized spacial score (nSPS) is 10.6. The molecule has 1 heterocycles. The molecule has 7 heteroatoms. The third-order valence-electron chi connectivity index (χ3n) is 3.79. The van der Waals surface area contributed by atoms with Gasteiger partial charge in [0.15, 0.2) is 5.76 Å². The Morgan fingerprint density at radius 2 is 2.04 bits per heavy atom. The number of carbonyl (C=O) groups is 2. The maximum atomic E-state index is 12.5. The van der Waals surface area contributed by atoms with Crippen LogP contribution < -0.4 is 4.74 Å². The Morgan fingerprint density at radius 3 is 2.56 bits per heavy atom.